The van der Waals surface area contributed by atoms with Crippen molar-refractivity contribution >= 4 is 5.97 Å². The summed E-state index contributed by atoms with van der Waals surface area (Å²) in [5, 5.41) is 0. The highest BCUT2D eigenvalue weighted by Gasteiger charge is 2.61. The number of hydrogen-bond acceptors (Lipinski definition) is 3. The molecule has 0 aromatic heterocycles. The van der Waals surface area contributed by atoms with Crippen LogP contribution in [-0.2, 0) is 15.7 Å². The van der Waals surface area contributed by atoms with Crippen LogP contribution in [0.1, 0.15) is 50.5 Å². The van der Waals surface area contributed by atoms with Gasteiger partial charge in [-0.25, -0.2) is 0 Å². The summed E-state index contributed by atoms with van der Waals surface area (Å²) in [4.78, 5) is 13.3. The fraction of sp³-hybridized carbons (Fsp3) is 0.300. The van der Waals surface area contributed by atoms with Gasteiger partial charge in [-0.1, -0.05) is 68.0 Å². The zero-order valence-electron chi connectivity index (χ0n) is 20.7. The standard InChI is InChI=1S/C30H29F3O3/c1-19(2)17-25-26(29(25,3)4)28(34)36-27(20-13-15-22(16-14-20)30(31,32)33)21-9-8-12-24(18-21)35-23-10-6-5-7-11-23/h5-18,25-27H,1-4H3. The number of rotatable bonds is 7. The van der Waals surface area contributed by atoms with Gasteiger partial charge in [0.2, 0.25) is 0 Å². The second-order valence-electron chi connectivity index (χ2n) is 9.99. The normalized spacial score (nSPS) is 19.2. The number of esters is 1. The Morgan fingerprint density at radius 2 is 1.53 bits per heavy atom. The van der Waals surface area contributed by atoms with E-state index in [1.807, 2.05) is 58.0 Å². The second kappa shape index (κ2) is 9.84. The van der Waals surface area contributed by atoms with Crippen LogP contribution in [0.25, 0.3) is 0 Å². The van der Waals surface area contributed by atoms with Crippen LogP contribution in [0.4, 0.5) is 13.2 Å². The van der Waals surface area contributed by atoms with Gasteiger partial charge in [-0.15, -0.1) is 0 Å². The number of ether oxygens (including phenoxy) is 2. The number of hydrogen-bond donors (Lipinski definition) is 0. The Hall–Kier alpha value is -3.54. The molecule has 1 aliphatic rings. The first-order chi connectivity index (χ1) is 17.0. The van der Waals surface area contributed by atoms with E-state index in [2.05, 4.69) is 6.08 Å². The van der Waals surface area contributed by atoms with Gasteiger partial charge in [-0.2, -0.15) is 13.2 Å². The quantitative estimate of drug-likeness (QED) is 0.244. The second-order valence-corrected chi connectivity index (χ2v) is 9.99. The van der Waals surface area contributed by atoms with E-state index in [-0.39, 0.29) is 23.2 Å². The summed E-state index contributed by atoms with van der Waals surface area (Å²) >= 11 is 0. The van der Waals surface area contributed by atoms with Crippen LogP contribution in [-0.4, -0.2) is 5.97 Å². The Morgan fingerprint density at radius 1 is 0.889 bits per heavy atom. The fourth-order valence-electron chi connectivity index (χ4n) is 4.53. The van der Waals surface area contributed by atoms with E-state index in [1.165, 1.54) is 12.1 Å². The first kappa shape index (κ1) is 25.5. The summed E-state index contributed by atoms with van der Waals surface area (Å²) in [6.45, 7) is 8.01. The molecule has 0 aliphatic heterocycles. The van der Waals surface area contributed by atoms with Crippen molar-refractivity contribution < 1.29 is 27.4 Å². The molecule has 4 rings (SSSR count). The lowest BCUT2D eigenvalue weighted by atomic mass is 9.99. The van der Waals surface area contributed by atoms with Crippen molar-refractivity contribution in [1.82, 2.24) is 0 Å². The molecule has 0 amide bonds. The third kappa shape index (κ3) is 5.64. The summed E-state index contributed by atoms with van der Waals surface area (Å²) < 4.78 is 51.4. The maximum absolute atomic E-state index is 13.3. The van der Waals surface area contributed by atoms with Crippen LogP contribution in [0.5, 0.6) is 11.5 Å². The summed E-state index contributed by atoms with van der Waals surface area (Å²) in [5.74, 6) is 0.522. The molecular weight excluding hydrogens is 465 g/mol. The molecule has 3 aromatic rings. The molecule has 0 radical (unpaired) electrons. The number of allylic oxidation sites excluding steroid dienone is 2. The average Bonchev–Trinajstić information content (AvgIpc) is 3.36. The van der Waals surface area contributed by atoms with E-state index >= 15 is 0 Å². The Kier molecular flexibility index (Phi) is 6.98. The third-order valence-corrected chi connectivity index (χ3v) is 6.59. The molecule has 0 heterocycles. The van der Waals surface area contributed by atoms with Gasteiger partial charge in [0.25, 0.3) is 0 Å². The molecule has 0 saturated heterocycles. The molecule has 3 aromatic carbocycles. The molecule has 1 aliphatic carbocycles. The highest BCUT2D eigenvalue weighted by atomic mass is 19.4. The Labute approximate surface area is 209 Å². The van der Waals surface area contributed by atoms with Crippen LogP contribution in [0, 0.1) is 17.3 Å². The van der Waals surface area contributed by atoms with Crippen molar-refractivity contribution in [3.05, 3.63) is 107 Å². The molecule has 3 atom stereocenters. The van der Waals surface area contributed by atoms with Gasteiger partial charge < -0.3 is 9.47 Å². The van der Waals surface area contributed by atoms with Gasteiger partial charge in [0.1, 0.15) is 11.5 Å². The zero-order chi connectivity index (χ0) is 26.1. The summed E-state index contributed by atoms with van der Waals surface area (Å²) in [7, 11) is 0. The van der Waals surface area contributed by atoms with Gasteiger partial charge in [0.05, 0.1) is 11.5 Å². The van der Waals surface area contributed by atoms with Crippen LogP contribution in [0.3, 0.4) is 0 Å². The van der Waals surface area contributed by atoms with Gasteiger partial charge >= 0.3 is 12.1 Å². The molecule has 6 heteroatoms. The predicted octanol–water partition coefficient (Wildman–Crippen LogP) is 8.37. The van der Waals surface area contributed by atoms with Crippen molar-refractivity contribution in [3.8, 4) is 11.5 Å². The highest BCUT2D eigenvalue weighted by molar-refractivity contribution is 5.79. The summed E-state index contributed by atoms with van der Waals surface area (Å²) in [5.41, 5.74) is 1.16. The molecule has 36 heavy (non-hydrogen) atoms. The van der Waals surface area contributed by atoms with Crippen molar-refractivity contribution in [1.29, 1.82) is 0 Å². The fourth-order valence-corrected chi connectivity index (χ4v) is 4.53. The minimum absolute atomic E-state index is 0.0519. The largest absolute Gasteiger partial charge is 0.457 e. The van der Waals surface area contributed by atoms with Crippen molar-refractivity contribution in [2.45, 2.75) is 40.0 Å². The predicted molar refractivity (Wildman–Crippen MR) is 133 cm³/mol. The van der Waals surface area contributed by atoms with Gasteiger partial charge in [0, 0.05) is 5.56 Å². The monoisotopic (exact) mass is 494 g/mol. The lowest BCUT2D eigenvalue weighted by molar-refractivity contribution is -0.150. The Balaban J connectivity index is 1.66. The van der Waals surface area contributed by atoms with E-state index < -0.39 is 17.8 Å². The number of halogens is 3. The van der Waals surface area contributed by atoms with Crippen molar-refractivity contribution in [3.63, 3.8) is 0 Å². The van der Waals surface area contributed by atoms with E-state index in [9.17, 15) is 18.0 Å². The molecule has 0 spiro atoms. The molecule has 3 nitrogen and oxygen atoms in total. The lowest BCUT2D eigenvalue weighted by Gasteiger charge is -2.21. The minimum Gasteiger partial charge on any atom is -0.457 e. The smallest absolute Gasteiger partial charge is 0.416 e. The number of para-hydroxylation sites is 1. The summed E-state index contributed by atoms with van der Waals surface area (Å²) in [6, 6.07) is 21.0. The van der Waals surface area contributed by atoms with Gasteiger partial charge in [0.15, 0.2) is 6.10 Å². The Morgan fingerprint density at radius 3 is 2.14 bits per heavy atom. The molecular formula is C30H29F3O3. The lowest BCUT2D eigenvalue weighted by Crippen LogP contribution is -2.17. The highest BCUT2D eigenvalue weighted by Crippen LogP contribution is 2.60. The average molecular weight is 495 g/mol. The van der Waals surface area contributed by atoms with E-state index in [4.69, 9.17) is 9.47 Å². The number of carbonyl (C=O) groups excluding carboxylic acids is 1. The maximum Gasteiger partial charge on any atom is 0.416 e. The first-order valence-electron chi connectivity index (χ1n) is 11.8. The van der Waals surface area contributed by atoms with E-state index in [0.717, 1.165) is 17.7 Å². The molecule has 1 saturated carbocycles. The molecule has 188 valence electrons. The first-order valence-corrected chi connectivity index (χ1v) is 11.8. The molecule has 0 bridgehead atoms. The molecule has 0 N–H and O–H groups in total. The maximum atomic E-state index is 13.3. The number of carbonyl (C=O) groups is 1. The topological polar surface area (TPSA) is 35.5 Å². The molecule has 3 unspecified atom stereocenters. The zero-order valence-corrected chi connectivity index (χ0v) is 20.7. The van der Waals surface area contributed by atoms with Gasteiger partial charge in [-0.3, -0.25) is 4.79 Å². The SMILES string of the molecule is CC(C)=CC1C(C(=O)OC(c2ccc(C(F)(F)F)cc2)c2cccc(Oc3ccccc3)c2)C1(C)C. The van der Waals surface area contributed by atoms with Crippen LogP contribution < -0.4 is 4.74 Å². The van der Waals surface area contributed by atoms with Crippen molar-refractivity contribution in [2.75, 3.05) is 0 Å². The van der Waals surface area contributed by atoms with Gasteiger partial charge in [-0.05, 0) is 67.1 Å². The summed E-state index contributed by atoms with van der Waals surface area (Å²) in [6.07, 6.45) is -3.26. The van der Waals surface area contributed by atoms with E-state index in [0.29, 0.717) is 22.6 Å². The van der Waals surface area contributed by atoms with Crippen LogP contribution >= 0.6 is 0 Å². The van der Waals surface area contributed by atoms with E-state index in [1.54, 1.807) is 24.3 Å². The van der Waals surface area contributed by atoms with Crippen LogP contribution in [0.2, 0.25) is 0 Å². The minimum atomic E-state index is -4.45. The number of alkyl halides is 3. The molecule has 1 fully saturated rings. The van der Waals surface area contributed by atoms with Crippen molar-refractivity contribution in [2.24, 2.45) is 17.3 Å². The number of benzene rings is 3. The third-order valence-electron chi connectivity index (χ3n) is 6.59. The van der Waals surface area contributed by atoms with Crippen LogP contribution in [0.15, 0.2) is 90.5 Å². The Bertz CT molecular complexity index is 1240.